The van der Waals surface area contributed by atoms with Crippen LogP contribution in [0.2, 0.25) is 0 Å². The Labute approximate surface area is 208 Å². The van der Waals surface area contributed by atoms with Crippen LogP contribution in [0, 0.1) is 23.7 Å². The number of carbonyl (C=O) groups is 2. The Hall–Kier alpha value is -1.54. The third-order valence-corrected chi connectivity index (χ3v) is 9.88. The van der Waals surface area contributed by atoms with Crippen LogP contribution in [0.25, 0.3) is 0 Å². The molecule has 0 aromatic carbocycles. The zero-order chi connectivity index (χ0) is 25.3. The Morgan fingerprint density at radius 3 is 2.49 bits per heavy atom. The van der Waals surface area contributed by atoms with Gasteiger partial charge in [-0.3, -0.25) is 9.69 Å². The van der Waals surface area contributed by atoms with Crippen LogP contribution < -0.4 is 0 Å². The van der Waals surface area contributed by atoms with Gasteiger partial charge in [-0.25, -0.2) is 4.79 Å². The summed E-state index contributed by atoms with van der Waals surface area (Å²) in [7, 11) is 1.58. The molecule has 0 radical (unpaired) electrons. The molecule has 35 heavy (non-hydrogen) atoms. The predicted octanol–water partition coefficient (Wildman–Crippen LogP) is 3.05. The molecule has 0 aromatic heterocycles. The van der Waals surface area contributed by atoms with Crippen LogP contribution in [-0.4, -0.2) is 77.5 Å². The van der Waals surface area contributed by atoms with Crippen molar-refractivity contribution in [1.29, 1.82) is 0 Å². The van der Waals surface area contributed by atoms with E-state index in [-0.39, 0.29) is 41.6 Å². The molecule has 3 fully saturated rings. The van der Waals surface area contributed by atoms with E-state index in [4.69, 9.17) is 14.2 Å². The Balaban J connectivity index is 1.59. The lowest BCUT2D eigenvalue weighted by atomic mass is 9.58. The maximum absolute atomic E-state index is 13.4. The standard InChI is InChI=1S/C28H41NO6/c1-15(18(4)30)23(29-11-7-8-12-29)25-20-9-10-21-14-28(33-6)22(17(3)27(21,13-20)35-25)16(2)24(19(5)31)34-26(28)32/h9-10,15-16,19-21,23-25,31H,7-8,11-14H2,1-6H3/t15?,16-,19-,20-,21-,23?,24+,25-,27+,28-/m1/s1. The minimum absolute atomic E-state index is 0.0258. The van der Waals surface area contributed by atoms with E-state index in [1.807, 2.05) is 13.8 Å². The highest BCUT2D eigenvalue weighted by atomic mass is 16.6. The number of ether oxygens (including phenoxy) is 3. The summed E-state index contributed by atoms with van der Waals surface area (Å²) in [6.07, 6.45) is 6.59. The molecule has 5 aliphatic rings. The van der Waals surface area contributed by atoms with E-state index in [0.717, 1.165) is 43.5 Å². The molecular formula is C28H41NO6. The van der Waals surface area contributed by atoms with Crippen molar-refractivity contribution in [2.45, 2.75) is 95.9 Å². The maximum Gasteiger partial charge on any atom is 0.343 e. The normalized spacial score (nSPS) is 43.4. The minimum atomic E-state index is -1.16. The van der Waals surface area contributed by atoms with E-state index in [1.54, 1.807) is 21.0 Å². The molecule has 7 nitrogen and oxygen atoms in total. The summed E-state index contributed by atoms with van der Waals surface area (Å²) in [6, 6.07) is 0.0358. The molecule has 5 rings (SSSR count). The van der Waals surface area contributed by atoms with Crippen LogP contribution in [-0.2, 0) is 23.8 Å². The number of aliphatic hydroxyl groups excluding tert-OH is 1. The fourth-order valence-corrected chi connectivity index (χ4v) is 7.99. The monoisotopic (exact) mass is 487 g/mol. The van der Waals surface area contributed by atoms with Crippen molar-refractivity contribution >= 4 is 11.8 Å². The van der Waals surface area contributed by atoms with Crippen molar-refractivity contribution in [1.82, 2.24) is 4.90 Å². The summed E-state index contributed by atoms with van der Waals surface area (Å²) in [4.78, 5) is 28.4. The van der Waals surface area contributed by atoms with Gasteiger partial charge in [0, 0.05) is 43.2 Å². The summed E-state index contributed by atoms with van der Waals surface area (Å²) < 4.78 is 18.9. The third kappa shape index (κ3) is 3.52. The first kappa shape index (κ1) is 25.1. The quantitative estimate of drug-likeness (QED) is 0.455. The number of Topliss-reactive ketones (excluding diaryl/α,β-unsaturated/α-hetero) is 1. The van der Waals surface area contributed by atoms with Gasteiger partial charge in [0.15, 0.2) is 5.60 Å². The number of likely N-dealkylation sites (tertiary alicyclic amines) is 1. The molecule has 0 amide bonds. The Morgan fingerprint density at radius 1 is 1.20 bits per heavy atom. The fourth-order valence-electron chi connectivity index (χ4n) is 7.99. The molecule has 1 N–H and O–H groups in total. The Morgan fingerprint density at radius 2 is 1.89 bits per heavy atom. The lowest BCUT2D eigenvalue weighted by Gasteiger charge is -2.54. The third-order valence-electron chi connectivity index (χ3n) is 9.88. The molecular weight excluding hydrogens is 446 g/mol. The lowest BCUT2D eigenvalue weighted by molar-refractivity contribution is -0.197. The van der Waals surface area contributed by atoms with E-state index in [2.05, 4.69) is 24.0 Å². The number of hydrogen-bond donors (Lipinski definition) is 1. The molecule has 0 saturated carbocycles. The second-order valence-electron chi connectivity index (χ2n) is 11.6. The van der Waals surface area contributed by atoms with Gasteiger partial charge in [0.1, 0.15) is 11.9 Å². The number of esters is 1. The zero-order valence-electron chi connectivity index (χ0n) is 22.0. The number of aliphatic hydroxyl groups is 1. The predicted molar refractivity (Wildman–Crippen MR) is 131 cm³/mol. The summed E-state index contributed by atoms with van der Waals surface area (Å²) >= 11 is 0. The highest BCUT2D eigenvalue weighted by molar-refractivity contribution is 5.86. The van der Waals surface area contributed by atoms with Gasteiger partial charge < -0.3 is 19.3 Å². The second kappa shape index (κ2) is 8.79. The molecule has 1 spiro atoms. The first-order valence-corrected chi connectivity index (χ1v) is 13.3. The number of fused-ring (bicyclic) bond motifs is 2. The number of rotatable bonds is 6. The largest absolute Gasteiger partial charge is 0.457 e. The SMILES string of the molecule is CO[C@]12C[C@H]3C=C[C@@H]4C[C@]3(O[C@H]4C(C(C)C(C)=O)N3CCCC3)C(C)=C1[C@@H](C)[C@@H]([C@@H](C)O)OC2=O. The number of hydrogen-bond acceptors (Lipinski definition) is 7. The van der Waals surface area contributed by atoms with Gasteiger partial charge in [-0.15, -0.1) is 0 Å². The van der Waals surface area contributed by atoms with Crippen LogP contribution in [0.3, 0.4) is 0 Å². The first-order valence-electron chi connectivity index (χ1n) is 13.3. The molecule has 2 unspecified atom stereocenters. The average molecular weight is 488 g/mol. The molecule has 2 bridgehead atoms. The minimum Gasteiger partial charge on any atom is -0.457 e. The van der Waals surface area contributed by atoms with Crippen LogP contribution in [0.15, 0.2) is 23.3 Å². The van der Waals surface area contributed by atoms with Gasteiger partial charge in [-0.05, 0) is 64.3 Å². The van der Waals surface area contributed by atoms with Crippen molar-refractivity contribution in [3.8, 4) is 0 Å². The van der Waals surface area contributed by atoms with E-state index in [1.165, 1.54) is 0 Å². The van der Waals surface area contributed by atoms with Crippen molar-refractivity contribution in [3.63, 3.8) is 0 Å². The van der Waals surface area contributed by atoms with Gasteiger partial charge in [-0.2, -0.15) is 0 Å². The number of ketones is 1. The van der Waals surface area contributed by atoms with Gasteiger partial charge in [-0.1, -0.05) is 26.0 Å². The number of carbonyl (C=O) groups excluding carboxylic acids is 2. The summed E-state index contributed by atoms with van der Waals surface area (Å²) in [5, 5.41) is 10.4. The van der Waals surface area contributed by atoms with Crippen LogP contribution in [0.5, 0.6) is 0 Å². The topological polar surface area (TPSA) is 85.3 Å². The summed E-state index contributed by atoms with van der Waals surface area (Å²) in [5.74, 6) is -0.340. The Bertz CT molecular complexity index is 951. The fraction of sp³-hybridized carbons (Fsp3) is 0.786. The van der Waals surface area contributed by atoms with Crippen molar-refractivity contribution in [2.75, 3.05) is 20.2 Å². The van der Waals surface area contributed by atoms with Gasteiger partial charge >= 0.3 is 5.97 Å². The molecule has 194 valence electrons. The molecule has 3 saturated heterocycles. The van der Waals surface area contributed by atoms with Gasteiger partial charge in [0.2, 0.25) is 0 Å². The van der Waals surface area contributed by atoms with Gasteiger partial charge in [0.05, 0.1) is 17.8 Å². The van der Waals surface area contributed by atoms with Crippen molar-refractivity contribution < 1.29 is 28.9 Å². The molecule has 3 aliphatic heterocycles. The lowest BCUT2D eigenvalue weighted by Crippen LogP contribution is -2.62. The molecule has 0 aromatic rings. The van der Waals surface area contributed by atoms with Crippen LogP contribution in [0.4, 0.5) is 0 Å². The molecule has 2 aliphatic carbocycles. The molecule has 3 heterocycles. The molecule has 7 heteroatoms. The number of cyclic esters (lactones) is 1. The van der Waals surface area contributed by atoms with Crippen molar-refractivity contribution in [2.24, 2.45) is 23.7 Å². The van der Waals surface area contributed by atoms with E-state index < -0.39 is 29.4 Å². The zero-order valence-corrected chi connectivity index (χ0v) is 22.0. The highest BCUT2D eigenvalue weighted by Crippen LogP contribution is 2.60. The van der Waals surface area contributed by atoms with Gasteiger partial charge in [0.25, 0.3) is 0 Å². The highest BCUT2D eigenvalue weighted by Gasteiger charge is 2.66. The number of nitrogens with zero attached hydrogens (tertiary/aromatic N) is 1. The van der Waals surface area contributed by atoms with Crippen LogP contribution >= 0.6 is 0 Å². The maximum atomic E-state index is 13.4. The first-order chi connectivity index (χ1) is 16.6. The summed E-state index contributed by atoms with van der Waals surface area (Å²) in [5.41, 5.74) is 0.249. The van der Waals surface area contributed by atoms with E-state index >= 15 is 0 Å². The second-order valence-corrected chi connectivity index (χ2v) is 11.6. The van der Waals surface area contributed by atoms with E-state index in [0.29, 0.717) is 6.42 Å². The van der Waals surface area contributed by atoms with Crippen molar-refractivity contribution in [3.05, 3.63) is 23.3 Å². The van der Waals surface area contributed by atoms with Crippen LogP contribution in [0.1, 0.15) is 60.3 Å². The number of methoxy groups -OCH3 is 1. The smallest absolute Gasteiger partial charge is 0.343 e. The molecule has 10 atom stereocenters. The average Bonchev–Trinajstić information content (AvgIpc) is 3.44. The summed E-state index contributed by atoms with van der Waals surface area (Å²) in [6.45, 7) is 11.5. The Kier molecular flexibility index (Phi) is 6.31. The van der Waals surface area contributed by atoms with E-state index in [9.17, 15) is 14.7 Å².